The van der Waals surface area contributed by atoms with Gasteiger partial charge < -0.3 is 4.74 Å². The first kappa shape index (κ1) is 9.81. The Labute approximate surface area is 84.3 Å². The van der Waals surface area contributed by atoms with Crippen LogP contribution in [0.3, 0.4) is 0 Å². The zero-order chi connectivity index (χ0) is 9.80. The van der Waals surface area contributed by atoms with E-state index in [4.69, 9.17) is 10.3 Å². The molecule has 0 aromatic heterocycles. The van der Waals surface area contributed by atoms with Crippen LogP contribution in [0.5, 0.6) is 0 Å². The molecule has 0 N–H and O–H groups in total. The van der Waals surface area contributed by atoms with Crippen molar-refractivity contribution in [3.63, 3.8) is 0 Å². The maximum absolute atomic E-state index is 8.21. The molecule has 14 heavy (non-hydrogen) atoms. The summed E-state index contributed by atoms with van der Waals surface area (Å²) >= 11 is 0. The van der Waals surface area contributed by atoms with Crippen LogP contribution < -0.4 is 0 Å². The molecule has 0 unspecified atom stereocenters. The summed E-state index contributed by atoms with van der Waals surface area (Å²) in [6.45, 7) is 1.40. The molecule has 2 aliphatic rings. The fourth-order valence-electron chi connectivity index (χ4n) is 2.75. The Morgan fingerprint density at radius 2 is 2.07 bits per heavy atom. The second-order valence-corrected chi connectivity index (χ2v) is 4.41. The first-order valence-electron chi connectivity index (χ1n) is 5.52. The monoisotopic (exact) mass is 195 g/mol. The lowest BCUT2D eigenvalue weighted by Crippen LogP contribution is -2.12. The molecule has 2 fully saturated rings. The van der Waals surface area contributed by atoms with Crippen molar-refractivity contribution in [3.05, 3.63) is 10.4 Å². The normalized spacial score (nSPS) is 33.1. The molecule has 0 spiro atoms. The molecule has 0 radical (unpaired) electrons. The van der Waals surface area contributed by atoms with E-state index in [1.54, 1.807) is 0 Å². The van der Waals surface area contributed by atoms with E-state index in [0.29, 0.717) is 6.54 Å². The predicted molar refractivity (Wildman–Crippen MR) is 53.8 cm³/mol. The molecule has 4 nitrogen and oxygen atoms in total. The highest BCUT2D eigenvalue weighted by Crippen LogP contribution is 2.37. The largest absolute Gasteiger partial charge is 0.378 e. The molecule has 1 saturated carbocycles. The van der Waals surface area contributed by atoms with Crippen molar-refractivity contribution in [3.8, 4) is 0 Å². The van der Waals surface area contributed by atoms with Gasteiger partial charge in [0.05, 0.1) is 19.3 Å². The molecule has 0 aromatic carbocycles. The summed E-state index contributed by atoms with van der Waals surface area (Å²) in [5.41, 5.74) is 8.21. The van der Waals surface area contributed by atoms with E-state index in [1.165, 1.54) is 25.7 Å². The average Bonchev–Trinajstić information content (AvgIpc) is 2.85. The van der Waals surface area contributed by atoms with Crippen molar-refractivity contribution in [2.45, 2.75) is 38.2 Å². The number of ether oxygens (including phenoxy) is 1. The lowest BCUT2D eigenvalue weighted by molar-refractivity contribution is 0.108. The molecule has 1 aliphatic carbocycles. The number of azide groups is 1. The van der Waals surface area contributed by atoms with Crippen LogP contribution in [0.25, 0.3) is 10.4 Å². The average molecular weight is 195 g/mol. The highest BCUT2D eigenvalue weighted by atomic mass is 16.5. The summed E-state index contributed by atoms with van der Waals surface area (Å²) in [4.78, 5) is 2.77. The number of nitrogens with zero attached hydrogens (tertiary/aromatic N) is 3. The Kier molecular flexibility index (Phi) is 3.27. The van der Waals surface area contributed by atoms with Gasteiger partial charge in [0.15, 0.2) is 0 Å². The van der Waals surface area contributed by atoms with Crippen molar-refractivity contribution in [1.82, 2.24) is 0 Å². The summed E-state index contributed by atoms with van der Waals surface area (Å²) in [6, 6.07) is 0. The van der Waals surface area contributed by atoms with Crippen molar-refractivity contribution >= 4 is 0 Å². The van der Waals surface area contributed by atoms with Crippen LogP contribution in [0.1, 0.15) is 32.1 Å². The van der Waals surface area contributed by atoms with E-state index < -0.39 is 0 Å². The minimum atomic E-state index is 0.191. The van der Waals surface area contributed by atoms with Crippen LogP contribution in [-0.4, -0.2) is 19.3 Å². The highest BCUT2D eigenvalue weighted by Gasteiger charge is 2.32. The molecule has 1 heterocycles. The van der Waals surface area contributed by atoms with Gasteiger partial charge >= 0.3 is 0 Å². The van der Waals surface area contributed by atoms with Crippen LogP contribution in [0.15, 0.2) is 5.11 Å². The maximum Gasteiger partial charge on any atom is 0.0635 e. The minimum absolute atomic E-state index is 0.191. The summed E-state index contributed by atoms with van der Waals surface area (Å²) < 4.78 is 5.62. The maximum atomic E-state index is 8.21. The van der Waals surface area contributed by atoms with Gasteiger partial charge in [-0.2, -0.15) is 0 Å². The van der Waals surface area contributed by atoms with Crippen molar-refractivity contribution in [2.24, 2.45) is 17.0 Å². The van der Waals surface area contributed by atoms with Gasteiger partial charge in [-0.3, -0.25) is 0 Å². The van der Waals surface area contributed by atoms with E-state index in [0.717, 1.165) is 24.9 Å². The summed E-state index contributed by atoms with van der Waals surface area (Å²) in [7, 11) is 0. The number of hydrogen-bond donors (Lipinski definition) is 0. The van der Waals surface area contributed by atoms with Gasteiger partial charge in [0, 0.05) is 4.91 Å². The Hall–Kier alpha value is -0.730. The highest BCUT2D eigenvalue weighted by molar-refractivity contribution is 4.83. The molecule has 78 valence electrons. The van der Waals surface area contributed by atoms with Crippen LogP contribution >= 0.6 is 0 Å². The van der Waals surface area contributed by atoms with Gasteiger partial charge in [0.1, 0.15) is 0 Å². The van der Waals surface area contributed by atoms with Crippen molar-refractivity contribution in [2.75, 3.05) is 13.2 Å². The second-order valence-electron chi connectivity index (χ2n) is 4.41. The third-order valence-electron chi connectivity index (χ3n) is 3.53. The number of hydrogen-bond acceptors (Lipinski definition) is 2. The van der Waals surface area contributed by atoms with Gasteiger partial charge in [-0.15, -0.1) is 0 Å². The molecule has 0 amide bonds. The smallest absolute Gasteiger partial charge is 0.0635 e. The molecule has 0 bridgehead atoms. The van der Waals surface area contributed by atoms with E-state index in [9.17, 15) is 0 Å². The summed E-state index contributed by atoms with van der Waals surface area (Å²) in [5, 5.41) is 3.57. The first-order valence-corrected chi connectivity index (χ1v) is 5.52. The SMILES string of the molecule is [N-]=[N+]=NC[C@H]1C[C@@H](C2CCCC2)CO1. The second kappa shape index (κ2) is 4.67. The molecule has 2 atom stereocenters. The molecular weight excluding hydrogens is 178 g/mol. The van der Waals surface area contributed by atoms with Crippen LogP contribution in [0.4, 0.5) is 0 Å². The standard InChI is InChI=1S/C10H17N3O/c11-13-12-6-10-5-9(7-14-10)8-3-1-2-4-8/h8-10H,1-7H2/t9-,10-/m1/s1. The quantitative estimate of drug-likeness (QED) is 0.388. The Morgan fingerprint density at radius 3 is 2.79 bits per heavy atom. The van der Waals surface area contributed by atoms with Crippen LogP contribution in [-0.2, 0) is 4.74 Å². The van der Waals surface area contributed by atoms with Gasteiger partial charge in [0.2, 0.25) is 0 Å². The zero-order valence-corrected chi connectivity index (χ0v) is 8.43. The van der Waals surface area contributed by atoms with Crippen LogP contribution in [0.2, 0.25) is 0 Å². The Morgan fingerprint density at radius 1 is 1.29 bits per heavy atom. The lowest BCUT2D eigenvalue weighted by Gasteiger charge is -2.15. The van der Waals surface area contributed by atoms with Gasteiger partial charge in [-0.1, -0.05) is 30.8 Å². The van der Waals surface area contributed by atoms with Crippen molar-refractivity contribution in [1.29, 1.82) is 0 Å². The molecule has 1 aliphatic heterocycles. The fraction of sp³-hybridized carbons (Fsp3) is 1.00. The molecule has 2 rings (SSSR count). The Bertz CT molecular complexity index is 232. The minimum Gasteiger partial charge on any atom is -0.378 e. The zero-order valence-electron chi connectivity index (χ0n) is 8.43. The molecule has 4 heteroatoms. The lowest BCUT2D eigenvalue weighted by atomic mass is 9.89. The molecule has 0 aromatic rings. The fourth-order valence-corrected chi connectivity index (χ4v) is 2.75. The predicted octanol–water partition coefficient (Wildman–Crippen LogP) is 2.89. The summed E-state index contributed by atoms with van der Waals surface area (Å²) in [5.74, 6) is 1.61. The third-order valence-corrected chi connectivity index (χ3v) is 3.53. The van der Waals surface area contributed by atoms with Gasteiger partial charge in [-0.05, 0) is 23.8 Å². The first-order chi connectivity index (χ1) is 6.90. The van der Waals surface area contributed by atoms with Gasteiger partial charge in [-0.25, -0.2) is 0 Å². The molecule has 1 saturated heterocycles. The van der Waals surface area contributed by atoms with Crippen molar-refractivity contribution < 1.29 is 4.74 Å². The van der Waals surface area contributed by atoms with Crippen LogP contribution in [0, 0.1) is 11.8 Å². The molecular formula is C10H17N3O. The topological polar surface area (TPSA) is 58.0 Å². The Balaban J connectivity index is 1.78. The third kappa shape index (κ3) is 2.20. The van der Waals surface area contributed by atoms with E-state index in [2.05, 4.69) is 10.0 Å². The van der Waals surface area contributed by atoms with Gasteiger partial charge in [0.25, 0.3) is 0 Å². The number of rotatable bonds is 3. The van der Waals surface area contributed by atoms with E-state index in [1.807, 2.05) is 0 Å². The summed E-state index contributed by atoms with van der Waals surface area (Å²) in [6.07, 6.45) is 6.83. The van der Waals surface area contributed by atoms with E-state index >= 15 is 0 Å². The van der Waals surface area contributed by atoms with E-state index in [-0.39, 0.29) is 6.10 Å².